The van der Waals surface area contributed by atoms with E-state index >= 15 is 0 Å². The van der Waals surface area contributed by atoms with Gasteiger partial charge in [-0.2, -0.15) is 0 Å². The van der Waals surface area contributed by atoms with Crippen LogP contribution in [-0.2, 0) is 9.47 Å². The summed E-state index contributed by atoms with van der Waals surface area (Å²) in [5.74, 6) is -0.535. The molecule has 100 valence electrons. The van der Waals surface area contributed by atoms with E-state index in [0.29, 0.717) is 5.56 Å². The molecule has 0 aromatic heterocycles. The number of carbonyl (C=O) groups excluding carboxylic acids is 1. The van der Waals surface area contributed by atoms with Gasteiger partial charge in [0.1, 0.15) is 17.5 Å². The van der Waals surface area contributed by atoms with Crippen molar-refractivity contribution in [3.8, 4) is 0 Å². The van der Waals surface area contributed by atoms with Crippen LogP contribution in [0.15, 0.2) is 18.2 Å². The molecule has 0 fully saturated rings. The van der Waals surface area contributed by atoms with Crippen molar-refractivity contribution in [2.45, 2.75) is 39.4 Å². The Morgan fingerprint density at radius 3 is 2.50 bits per heavy atom. The van der Waals surface area contributed by atoms with Crippen molar-refractivity contribution >= 4 is 11.8 Å². The van der Waals surface area contributed by atoms with Gasteiger partial charge in [-0.25, -0.2) is 9.18 Å². The molecule has 1 atom stereocenters. The monoisotopic (exact) mass is 255 g/mol. The summed E-state index contributed by atoms with van der Waals surface area (Å²) in [6, 6.07) is 4.28. The first-order valence-corrected chi connectivity index (χ1v) is 5.63. The lowest BCUT2D eigenvalue weighted by Gasteiger charge is -2.21. The molecule has 0 aliphatic rings. The van der Waals surface area contributed by atoms with Crippen LogP contribution in [0.25, 0.3) is 0 Å². The standard InChI is InChI=1S/C13H18FNO3/c1-8(17-12(16)18-13(2,3)4)9-5-6-11(15)10(14)7-9/h5-8H,15H2,1-4H3/t8-/m0/s1. The maximum absolute atomic E-state index is 13.3. The topological polar surface area (TPSA) is 61.5 Å². The van der Waals surface area contributed by atoms with Crippen molar-refractivity contribution in [2.75, 3.05) is 5.73 Å². The molecule has 1 rings (SSSR count). The van der Waals surface area contributed by atoms with Crippen molar-refractivity contribution < 1.29 is 18.7 Å². The number of benzene rings is 1. The van der Waals surface area contributed by atoms with Gasteiger partial charge in [0, 0.05) is 0 Å². The van der Waals surface area contributed by atoms with E-state index in [4.69, 9.17) is 15.2 Å². The van der Waals surface area contributed by atoms with Crippen LogP contribution in [0.5, 0.6) is 0 Å². The average molecular weight is 255 g/mol. The van der Waals surface area contributed by atoms with E-state index in [9.17, 15) is 9.18 Å². The summed E-state index contributed by atoms with van der Waals surface area (Å²) in [4.78, 5) is 11.4. The van der Waals surface area contributed by atoms with Crippen molar-refractivity contribution in [1.82, 2.24) is 0 Å². The number of carbonyl (C=O) groups is 1. The number of hydrogen-bond acceptors (Lipinski definition) is 4. The Kier molecular flexibility index (Phi) is 4.16. The third-order valence-electron chi connectivity index (χ3n) is 2.16. The Balaban J connectivity index is 2.68. The second-order valence-corrected chi connectivity index (χ2v) is 5.01. The van der Waals surface area contributed by atoms with E-state index in [1.807, 2.05) is 0 Å². The minimum Gasteiger partial charge on any atom is -0.429 e. The number of nitrogen functional groups attached to an aromatic ring is 1. The average Bonchev–Trinajstić information content (AvgIpc) is 2.18. The predicted molar refractivity (Wildman–Crippen MR) is 66.5 cm³/mol. The van der Waals surface area contributed by atoms with E-state index in [0.717, 1.165) is 0 Å². The number of hydrogen-bond donors (Lipinski definition) is 1. The molecule has 0 saturated heterocycles. The first kappa shape index (κ1) is 14.3. The fourth-order valence-corrected chi connectivity index (χ4v) is 1.28. The molecule has 4 nitrogen and oxygen atoms in total. The predicted octanol–water partition coefficient (Wildman–Crippen LogP) is 3.42. The lowest BCUT2D eigenvalue weighted by Crippen LogP contribution is -2.25. The minimum absolute atomic E-state index is 0.0585. The zero-order valence-corrected chi connectivity index (χ0v) is 11.0. The quantitative estimate of drug-likeness (QED) is 0.649. The normalized spacial score (nSPS) is 12.9. The maximum Gasteiger partial charge on any atom is 0.509 e. The molecule has 0 unspecified atom stereocenters. The molecular weight excluding hydrogens is 237 g/mol. The molecule has 0 aliphatic carbocycles. The SMILES string of the molecule is C[C@H](OC(=O)OC(C)(C)C)c1ccc(N)c(F)c1. The summed E-state index contributed by atoms with van der Waals surface area (Å²) in [6.45, 7) is 6.85. The highest BCUT2D eigenvalue weighted by atomic mass is 19.1. The van der Waals surface area contributed by atoms with Gasteiger partial charge in [-0.15, -0.1) is 0 Å². The molecule has 5 heteroatoms. The summed E-state index contributed by atoms with van der Waals surface area (Å²) in [5, 5.41) is 0. The van der Waals surface area contributed by atoms with Gasteiger partial charge in [-0.05, 0) is 45.4 Å². The number of halogens is 1. The summed E-state index contributed by atoms with van der Waals surface area (Å²) in [6.07, 6.45) is -1.39. The van der Waals surface area contributed by atoms with Gasteiger partial charge in [0.15, 0.2) is 0 Å². The van der Waals surface area contributed by atoms with Crippen LogP contribution in [0.3, 0.4) is 0 Å². The van der Waals surface area contributed by atoms with E-state index in [1.165, 1.54) is 12.1 Å². The largest absolute Gasteiger partial charge is 0.509 e. The molecule has 1 aromatic rings. The molecule has 0 heterocycles. The number of ether oxygens (including phenoxy) is 2. The van der Waals surface area contributed by atoms with Gasteiger partial charge in [-0.3, -0.25) is 0 Å². The zero-order valence-electron chi connectivity index (χ0n) is 11.0. The van der Waals surface area contributed by atoms with Crippen molar-refractivity contribution in [3.05, 3.63) is 29.6 Å². The lowest BCUT2D eigenvalue weighted by molar-refractivity contribution is -0.0239. The molecule has 0 radical (unpaired) electrons. The third kappa shape index (κ3) is 4.24. The van der Waals surface area contributed by atoms with Crippen LogP contribution in [0.4, 0.5) is 14.9 Å². The Labute approximate surface area is 106 Å². The number of rotatable bonds is 2. The van der Waals surface area contributed by atoms with Gasteiger partial charge >= 0.3 is 6.16 Å². The van der Waals surface area contributed by atoms with Crippen molar-refractivity contribution in [2.24, 2.45) is 0 Å². The fraction of sp³-hybridized carbons (Fsp3) is 0.462. The summed E-state index contributed by atoms with van der Waals surface area (Å²) >= 11 is 0. The van der Waals surface area contributed by atoms with Crippen LogP contribution < -0.4 is 5.73 Å². The maximum atomic E-state index is 13.3. The van der Waals surface area contributed by atoms with Gasteiger partial charge < -0.3 is 15.2 Å². The van der Waals surface area contributed by atoms with Gasteiger partial charge in [0.05, 0.1) is 5.69 Å². The summed E-state index contributed by atoms with van der Waals surface area (Å²) in [5.41, 5.74) is 5.32. The third-order valence-corrected chi connectivity index (χ3v) is 2.16. The lowest BCUT2D eigenvalue weighted by atomic mass is 10.1. The molecule has 18 heavy (non-hydrogen) atoms. The Hall–Kier alpha value is -1.78. The number of nitrogens with two attached hydrogens (primary N) is 1. The Morgan fingerprint density at radius 2 is 2.00 bits per heavy atom. The molecule has 2 N–H and O–H groups in total. The first-order chi connectivity index (χ1) is 8.19. The van der Waals surface area contributed by atoms with E-state index in [-0.39, 0.29) is 5.69 Å². The molecular formula is C13H18FNO3. The van der Waals surface area contributed by atoms with Gasteiger partial charge in [-0.1, -0.05) is 6.07 Å². The molecule has 0 saturated carbocycles. The summed E-state index contributed by atoms with van der Waals surface area (Å²) < 4.78 is 23.3. The van der Waals surface area contributed by atoms with E-state index in [1.54, 1.807) is 33.8 Å². The van der Waals surface area contributed by atoms with Gasteiger partial charge in [0.2, 0.25) is 0 Å². The summed E-state index contributed by atoms with van der Waals surface area (Å²) in [7, 11) is 0. The second-order valence-electron chi connectivity index (χ2n) is 5.01. The highest BCUT2D eigenvalue weighted by molar-refractivity contribution is 5.61. The molecule has 0 amide bonds. The van der Waals surface area contributed by atoms with E-state index < -0.39 is 23.7 Å². The highest BCUT2D eigenvalue weighted by Gasteiger charge is 2.20. The first-order valence-electron chi connectivity index (χ1n) is 5.63. The Bertz CT molecular complexity index is 440. The van der Waals surface area contributed by atoms with Crippen LogP contribution in [-0.4, -0.2) is 11.8 Å². The molecule has 0 spiro atoms. The van der Waals surface area contributed by atoms with Crippen LogP contribution in [0.1, 0.15) is 39.4 Å². The van der Waals surface area contributed by atoms with Crippen LogP contribution in [0, 0.1) is 5.82 Å². The molecule has 0 bridgehead atoms. The van der Waals surface area contributed by atoms with Crippen LogP contribution in [0.2, 0.25) is 0 Å². The van der Waals surface area contributed by atoms with Crippen molar-refractivity contribution in [3.63, 3.8) is 0 Å². The van der Waals surface area contributed by atoms with Gasteiger partial charge in [0.25, 0.3) is 0 Å². The molecule has 0 aliphatic heterocycles. The highest BCUT2D eigenvalue weighted by Crippen LogP contribution is 2.22. The smallest absolute Gasteiger partial charge is 0.429 e. The minimum atomic E-state index is -0.785. The van der Waals surface area contributed by atoms with E-state index in [2.05, 4.69) is 0 Å². The van der Waals surface area contributed by atoms with Crippen LogP contribution >= 0.6 is 0 Å². The van der Waals surface area contributed by atoms with Crippen molar-refractivity contribution in [1.29, 1.82) is 0 Å². The fourth-order valence-electron chi connectivity index (χ4n) is 1.28. The zero-order chi connectivity index (χ0) is 13.9. The Morgan fingerprint density at radius 1 is 1.39 bits per heavy atom. The second kappa shape index (κ2) is 5.25. The number of anilines is 1. The molecule has 1 aromatic carbocycles.